The summed E-state index contributed by atoms with van der Waals surface area (Å²) in [5, 5.41) is 50.7. The van der Waals surface area contributed by atoms with Gasteiger partial charge in [-0.15, -0.1) is 0 Å². The third-order valence-corrected chi connectivity index (χ3v) is 16.4. The average Bonchev–Trinajstić information content (AvgIpc) is 1.62. The van der Waals surface area contributed by atoms with Gasteiger partial charge in [0.25, 0.3) is 17.7 Å². The molecule has 7 N–H and O–H groups in total. The molecule has 501 valence electrons. The Hall–Kier alpha value is -7.63. The summed E-state index contributed by atoms with van der Waals surface area (Å²) >= 11 is 36.3. The number of hydrogen-bond acceptors (Lipinski definition) is 16. The molecule has 0 atom stereocenters. The number of nitrogens with two attached hydrogens (primary N) is 2. The Morgan fingerprint density at radius 1 is 0.457 bits per heavy atom. The topological polar surface area (TPSA) is 314 Å². The van der Waals surface area contributed by atoms with Gasteiger partial charge in [0.1, 0.15) is 23.1 Å². The van der Waals surface area contributed by atoms with Gasteiger partial charge in [-0.1, -0.05) is 69.6 Å². The van der Waals surface area contributed by atoms with Gasteiger partial charge in [0, 0.05) is 102 Å². The van der Waals surface area contributed by atoms with Crippen molar-refractivity contribution in [3.63, 3.8) is 0 Å². The quantitative estimate of drug-likeness (QED) is 0.0408. The number of ether oxygens (including phenoxy) is 3. The van der Waals surface area contributed by atoms with E-state index < -0.39 is 17.9 Å². The van der Waals surface area contributed by atoms with Crippen molar-refractivity contribution in [2.45, 2.75) is 65.7 Å². The molecule has 27 heteroatoms. The number of halogens is 6. The van der Waals surface area contributed by atoms with Crippen LogP contribution in [0.4, 0.5) is 0 Å². The monoisotopic (exact) mass is 1450 g/mol. The normalized spacial score (nSPS) is 12.0. The Morgan fingerprint density at radius 3 is 0.851 bits per heavy atom. The summed E-state index contributed by atoms with van der Waals surface area (Å²) in [6.45, 7) is 10.2. The molecule has 5 heterocycles. The van der Waals surface area contributed by atoms with Gasteiger partial charge in [-0.3, -0.25) is 33.5 Å². The standard InChI is InChI=1S/3C19H15Cl2NO4.2C4H9N.C2H7N3.Cu/c3*1-10-13(8-18(23)24)14-7-17(26-2)15(21)9-16(14)22(10)19(25)11-3-5-12(20)6-4-11;2*1-2-4-5-3-1;3-1-2(4)5;/h3*3-7,9H,8H2,1-2H3,(H,23,24);2*5H,1-4H2;1,3H2,(H3,4,5);/q;;;;;;+2/p-3. The van der Waals surface area contributed by atoms with Crippen LogP contribution >= 0.6 is 69.6 Å². The molecule has 94 heavy (non-hydrogen) atoms. The van der Waals surface area contributed by atoms with Gasteiger partial charge in [-0.25, -0.2) is 0 Å². The Kier molecular flexibility index (Phi) is 29.8. The number of carboxylic acids is 3. The van der Waals surface area contributed by atoms with E-state index >= 15 is 0 Å². The number of benzene rings is 6. The molecule has 6 aromatic carbocycles. The van der Waals surface area contributed by atoms with Crippen molar-refractivity contribution in [3.8, 4) is 17.2 Å². The minimum Gasteiger partial charge on any atom is -0.550 e. The summed E-state index contributed by atoms with van der Waals surface area (Å²) < 4.78 is 20.0. The van der Waals surface area contributed by atoms with E-state index in [9.17, 15) is 44.1 Å². The Balaban J connectivity index is 0.000000227. The fourth-order valence-electron chi connectivity index (χ4n) is 10.2. The van der Waals surface area contributed by atoms with Crippen molar-refractivity contribution >= 4 is 144 Å². The molecule has 0 unspecified atom stereocenters. The van der Waals surface area contributed by atoms with E-state index in [1.165, 1.54) is 86.9 Å². The molecule has 2 aliphatic rings. The van der Waals surface area contributed by atoms with Crippen molar-refractivity contribution in [3.05, 3.63) is 190 Å². The number of nitrogens with zero attached hydrogens (tertiary/aromatic N) is 3. The number of carbonyl (C=O) groups excluding carboxylic acids is 6. The first-order valence-electron chi connectivity index (χ1n) is 28.8. The largest absolute Gasteiger partial charge is 2.00 e. The van der Waals surface area contributed by atoms with E-state index in [4.69, 9.17) is 101 Å². The average molecular weight is 1450 g/mol. The first-order valence-corrected chi connectivity index (χ1v) is 31.1. The number of methoxy groups -OCH3 is 3. The predicted molar refractivity (Wildman–Crippen MR) is 360 cm³/mol. The van der Waals surface area contributed by atoms with Crippen molar-refractivity contribution in [2.24, 2.45) is 11.5 Å². The van der Waals surface area contributed by atoms with Gasteiger partial charge in [0.2, 0.25) is 0 Å². The molecule has 1 radical (unpaired) electrons. The second kappa shape index (κ2) is 36.3. The molecule has 20 nitrogen and oxygen atoms in total. The third-order valence-electron chi connectivity index (χ3n) is 14.8. The number of carbonyl (C=O) groups is 6. The van der Waals surface area contributed by atoms with E-state index in [-0.39, 0.29) is 66.4 Å². The second-order valence-electron chi connectivity index (χ2n) is 20.9. The summed E-state index contributed by atoms with van der Waals surface area (Å²) in [6, 6.07) is 29.1. The van der Waals surface area contributed by atoms with Gasteiger partial charge in [0.05, 0.1) is 59.5 Å². The number of aliphatic carboxylic acids is 3. The van der Waals surface area contributed by atoms with E-state index in [1.54, 1.807) is 130 Å². The molecule has 11 rings (SSSR count). The fourth-order valence-corrected chi connectivity index (χ4v) is 11.3. The van der Waals surface area contributed by atoms with Crippen LogP contribution in [0.5, 0.6) is 17.2 Å². The van der Waals surface area contributed by atoms with E-state index in [0.29, 0.717) is 131 Å². The van der Waals surface area contributed by atoms with E-state index in [1.807, 2.05) is 0 Å². The zero-order chi connectivity index (χ0) is 68.4. The number of amidine groups is 1. The van der Waals surface area contributed by atoms with Crippen molar-refractivity contribution < 1.29 is 75.4 Å². The minimum atomic E-state index is -1.24. The smallest absolute Gasteiger partial charge is 0.550 e. The van der Waals surface area contributed by atoms with Crippen molar-refractivity contribution in [2.75, 3.05) is 54.1 Å². The maximum absolute atomic E-state index is 13.0. The number of carboxylic acid groups (broad SMARTS) is 3. The first kappa shape index (κ1) is 77.1. The third kappa shape index (κ3) is 19.7. The Bertz CT molecular complexity index is 3780. The maximum Gasteiger partial charge on any atom is 2.00 e. The summed E-state index contributed by atoms with van der Waals surface area (Å²) in [5.41, 5.74) is 15.3. The van der Waals surface area contributed by atoms with Crippen molar-refractivity contribution in [1.82, 2.24) is 24.3 Å². The zero-order valence-corrected chi connectivity index (χ0v) is 57.3. The van der Waals surface area contributed by atoms with E-state index in [0.717, 1.165) is 0 Å². The molecule has 0 aliphatic carbocycles. The molecule has 0 saturated carbocycles. The number of rotatable bonds is 13. The van der Waals surface area contributed by atoms with Crippen LogP contribution in [-0.4, -0.2) is 109 Å². The molecule has 0 amide bonds. The van der Waals surface area contributed by atoms with Crippen LogP contribution in [0.3, 0.4) is 0 Å². The van der Waals surface area contributed by atoms with Gasteiger partial charge in [-0.2, -0.15) is 0 Å². The number of nitrogens with one attached hydrogen (secondary N) is 3. The second-order valence-corrected chi connectivity index (χ2v) is 23.5. The van der Waals surface area contributed by atoms with Gasteiger partial charge in [-0.05, 0) is 199 Å². The first-order chi connectivity index (χ1) is 44.3. The van der Waals surface area contributed by atoms with E-state index in [2.05, 4.69) is 10.6 Å². The number of fused-ring (bicyclic) bond motifs is 3. The van der Waals surface area contributed by atoms with Crippen LogP contribution in [0.15, 0.2) is 109 Å². The van der Waals surface area contributed by atoms with Gasteiger partial charge >= 0.3 is 17.1 Å². The van der Waals surface area contributed by atoms with Crippen LogP contribution in [0, 0.1) is 26.2 Å². The van der Waals surface area contributed by atoms with Crippen LogP contribution in [0.2, 0.25) is 30.1 Å². The van der Waals surface area contributed by atoms with Crippen molar-refractivity contribution in [1.29, 1.82) is 5.41 Å². The number of aromatic nitrogens is 3. The van der Waals surface area contributed by atoms with Gasteiger partial charge in [0.15, 0.2) is 0 Å². The van der Waals surface area contributed by atoms with Crippen LogP contribution in [0.25, 0.3) is 32.7 Å². The summed E-state index contributed by atoms with van der Waals surface area (Å²) in [6.07, 6.45) is 4.58. The van der Waals surface area contributed by atoms with Crippen LogP contribution in [-0.2, 0) is 50.7 Å². The predicted octanol–water partition coefficient (Wildman–Crippen LogP) is 9.36. The van der Waals surface area contributed by atoms with Crippen LogP contribution in [0.1, 0.15) is 90.5 Å². The molecule has 2 aliphatic heterocycles. The van der Waals surface area contributed by atoms with Crippen LogP contribution < -0.4 is 51.6 Å². The maximum atomic E-state index is 13.0. The molecule has 2 saturated heterocycles. The molecule has 0 spiro atoms. The molecule has 3 aromatic heterocycles. The molecular formula is C67H67Cl6CuN8O12-. The SMILES string of the molecule is C1CCNC1.C1CCNC1.COc1cc2c(CC(=O)[O-])c(C)n(C(=O)c3ccc(Cl)cc3)c2cc1Cl.COc1cc2c(CC(=O)[O-])c(C)n(C(=O)c3ccc(Cl)cc3)c2cc1Cl.COc1cc2c(CC(=O)[O-])c(C)n(C(=O)c3ccc(Cl)cc3)c2cc1Cl.N=C(N)CN.[Cu+2]. The minimum absolute atomic E-state index is 0. The Morgan fingerprint density at radius 2 is 0.681 bits per heavy atom. The molecule has 0 bridgehead atoms. The zero-order valence-electron chi connectivity index (χ0n) is 51.8. The summed E-state index contributed by atoms with van der Waals surface area (Å²) in [7, 11) is 4.40. The molecule has 2 fully saturated rings. The molecular weight excluding hydrogens is 1390 g/mol. The molecule has 9 aromatic rings. The number of hydrogen-bond donors (Lipinski definition) is 5. The Labute approximate surface area is 583 Å². The summed E-state index contributed by atoms with van der Waals surface area (Å²) in [5.74, 6) is -3.41. The summed E-state index contributed by atoms with van der Waals surface area (Å²) in [4.78, 5) is 72.7. The fraction of sp³-hybridized carbons (Fsp3) is 0.269. The van der Waals surface area contributed by atoms with Gasteiger partial charge < -0.3 is 66.0 Å².